The first-order chi connectivity index (χ1) is 16.8. The highest BCUT2D eigenvalue weighted by Gasteiger charge is 2.36. The number of rotatable bonds is 9. The molecule has 2 atom stereocenters. The molecule has 0 aromatic heterocycles. The van der Waals surface area contributed by atoms with Gasteiger partial charge < -0.3 is 30.5 Å². The SMILES string of the molecule is CCN(C(=O)C(Cc1ccc(O)cc1)NC(=O)OC(C)(C)C)C(C(=O)NC(C)C)c1ccccc1O. The zero-order valence-corrected chi connectivity index (χ0v) is 21.7. The van der Waals surface area contributed by atoms with Gasteiger partial charge in [0, 0.05) is 24.6 Å². The lowest BCUT2D eigenvalue weighted by Crippen LogP contribution is -2.54. The molecule has 0 fully saturated rings. The first-order valence-electron chi connectivity index (χ1n) is 12.0. The maximum absolute atomic E-state index is 13.9. The highest BCUT2D eigenvalue weighted by molar-refractivity contribution is 5.92. The fraction of sp³-hybridized carbons (Fsp3) is 0.444. The molecule has 3 amide bonds. The number of carbonyl (C=O) groups is 3. The Morgan fingerprint density at radius 2 is 1.58 bits per heavy atom. The number of likely N-dealkylation sites (N-methyl/N-ethyl adjacent to an activating group) is 1. The van der Waals surface area contributed by atoms with Gasteiger partial charge in [-0.1, -0.05) is 30.3 Å². The predicted molar refractivity (Wildman–Crippen MR) is 136 cm³/mol. The number of phenols is 2. The largest absolute Gasteiger partial charge is 0.508 e. The van der Waals surface area contributed by atoms with Crippen LogP contribution >= 0.6 is 0 Å². The van der Waals surface area contributed by atoms with Crippen molar-refractivity contribution in [2.24, 2.45) is 0 Å². The van der Waals surface area contributed by atoms with Crippen LogP contribution in [0.5, 0.6) is 11.5 Å². The van der Waals surface area contributed by atoms with Crippen molar-refractivity contribution in [1.82, 2.24) is 15.5 Å². The molecule has 0 spiro atoms. The van der Waals surface area contributed by atoms with Gasteiger partial charge in [0.05, 0.1) is 0 Å². The molecular weight excluding hydrogens is 462 g/mol. The van der Waals surface area contributed by atoms with Crippen molar-refractivity contribution in [3.05, 3.63) is 59.7 Å². The highest BCUT2D eigenvalue weighted by Crippen LogP contribution is 2.30. The molecule has 0 aliphatic heterocycles. The number of ether oxygens (including phenoxy) is 1. The minimum Gasteiger partial charge on any atom is -0.508 e. The fourth-order valence-corrected chi connectivity index (χ4v) is 3.72. The van der Waals surface area contributed by atoms with Crippen molar-refractivity contribution >= 4 is 17.9 Å². The summed E-state index contributed by atoms with van der Waals surface area (Å²) in [6.07, 6.45) is -0.685. The van der Waals surface area contributed by atoms with E-state index in [1.807, 2.05) is 0 Å². The number of aromatic hydroxyl groups is 2. The highest BCUT2D eigenvalue weighted by atomic mass is 16.6. The summed E-state index contributed by atoms with van der Waals surface area (Å²) in [5, 5.41) is 25.6. The molecule has 2 unspecified atom stereocenters. The van der Waals surface area contributed by atoms with Crippen LogP contribution in [0.4, 0.5) is 4.79 Å². The van der Waals surface area contributed by atoms with E-state index in [0.717, 1.165) is 0 Å². The smallest absolute Gasteiger partial charge is 0.408 e. The standard InChI is InChI=1S/C27H37N3O6/c1-7-30(23(24(33)28-17(2)3)20-10-8-9-11-22(20)32)25(34)21(29-26(35)36-27(4,5)6)16-18-12-14-19(31)15-13-18/h8-15,17,21,23,31-32H,7,16H2,1-6H3,(H,28,33)(H,29,35). The molecule has 9 nitrogen and oxygen atoms in total. The second kappa shape index (κ2) is 12.3. The number of nitrogens with zero attached hydrogens (tertiary/aromatic N) is 1. The Kier molecular flexibility index (Phi) is 9.72. The molecule has 2 aromatic carbocycles. The first-order valence-corrected chi connectivity index (χ1v) is 12.0. The number of benzene rings is 2. The molecular formula is C27H37N3O6. The van der Waals surface area contributed by atoms with Crippen LogP contribution in [0.3, 0.4) is 0 Å². The van der Waals surface area contributed by atoms with E-state index in [1.54, 1.807) is 71.9 Å². The van der Waals surface area contributed by atoms with E-state index in [9.17, 15) is 24.6 Å². The maximum Gasteiger partial charge on any atom is 0.408 e. The second-order valence-corrected chi connectivity index (χ2v) is 9.82. The Labute approximate surface area is 212 Å². The zero-order chi connectivity index (χ0) is 27.0. The molecule has 0 heterocycles. The fourth-order valence-electron chi connectivity index (χ4n) is 3.72. The number of alkyl carbamates (subject to hydrolysis) is 1. The molecule has 36 heavy (non-hydrogen) atoms. The van der Waals surface area contributed by atoms with Gasteiger partial charge in [0.2, 0.25) is 11.8 Å². The van der Waals surface area contributed by atoms with Crippen molar-refractivity contribution in [2.45, 2.75) is 71.7 Å². The molecule has 0 aliphatic carbocycles. The molecule has 0 saturated heterocycles. The van der Waals surface area contributed by atoms with Crippen LogP contribution in [-0.4, -0.2) is 57.3 Å². The van der Waals surface area contributed by atoms with E-state index in [4.69, 9.17) is 4.74 Å². The van der Waals surface area contributed by atoms with Crippen molar-refractivity contribution in [3.63, 3.8) is 0 Å². The number of phenolic OH excluding ortho intramolecular Hbond substituents is 2. The van der Waals surface area contributed by atoms with E-state index in [0.29, 0.717) is 5.56 Å². The number of amides is 3. The summed E-state index contributed by atoms with van der Waals surface area (Å²) in [5.41, 5.74) is 0.173. The van der Waals surface area contributed by atoms with Crippen LogP contribution in [0.15, 0.2) is 48.5 Å². The number of para-hydroxylation sites is 1. The van der Waals surface area contributed by atoms with Crippen LogP contribution < -0.4 is 10.6 Å². The number of nitrogens with one attached hydrogen (secondary N) is 2. The third-order valence-corrected chi connectivity index (χ3v) is 5.21. The summed E-state index contributed by atoms with van der Waals surface area (Å²) in [6, 6.07) is 10.2. The molecule has 9 heteroatoms. The van der Waals surface area contributed by atoms with Gasteiger partial charge >= 0.3 is 6.09 Å². The molecule has 0 saturated carbocycles. The van der Waals surface area contributed by atoms with E-state index in [2.05, 4.69) is 10.6 Å². The number of hydrogen-bond donors (Lipinski definition) is 4. The Bertz CT molecular complexity index is 1050. The van der Waals surface area contributed by atoms with Crippen molar-refractivity contribution < 1.29 is 29.3 Å². The van der Waals surface area contributed by atoms with Crippen LogP contribution in [0.25, 0.3) is 0 Å². The summed E-state index contributed by atoms with van der Waals surface area (Å²) in [4.78, 5) is 41.2. The van der Waals surface area contributed by atoms with Gasteiger partial charge in [-0.25, -0.2) is 4.79 Å². The summed E-state index contributed by atoms with van der Waals surface area (Å²) < 4.78 is 5.37. The second-order valence-electron chi connectivity index (χ2n) is 9.82. The molecule has 0 bridgehead atoms. The summed E-state index contributed by atoms with van der Waals surface area (Å²) >= 11 is 0. The topological polar surface area (TPSA) is 128 Å². The molecule has 4 N–H and O–H groups in total. The lowest BCUT2D eigenvalue weighted by molar-refractivity contribution is -0.142. The van der Waals surface area contributed by atoms with Gasteiger partial charge in [0.25, 0.3) is 0 Å². The van der Waals surface area contributed by atoms with Gasteiger partial charge in [-0.15, -0.1) is 0 Å². The molecule has 196 valence electrons. The van der Waals surface area contributed by atoms with Crippen LogP contribution in [-0.2, 0) is 20.7 Å². The van der Waals surface area contributed by atoms with Crippen molar-refractivity contribution in [1.29, 1.82) is 0 Å². The van der Waals surface area contributed by atoms with Crippen LogP contribution in [0, 0.1) is 0 Å². The lowest BCUT2D eigenvalue weighted by atomic mass is 9.99. The lowest BCUT2D eigenvalue weighted by Gasteiger charge is -2.34. The summed E-state index contributed by atoms with van der Waals surface area (Å²) in [7, 11) is 0. The summed E-state index contributed by atoms with van der Waals surface area (Å²) in [5.74, 6) is -1.03. The van der Waals surface area contributed by atoms with E-state index >= 15 is 0 Å². The Morgan fingerprint density at radius 1 is 0.972 bits per heavy atom. The van der Waals surface area contributed by atoms with Gasteiger partial charge in [-0.05, 0) is 65.3 Å². The van der Waals surface area contributed by atoms with Crippen molar-refractivity contribution in [2.75, 3.05) is 6.54 Å². The third kappa shape index (κ3) is 8.18. The van der Waals surface area contributed by atoms with Crippen LogP contribution in [0.2, 0.25) is 0 Å². The monoisotopic (exact) mass is 499 g/mol. The van der Waals surface area contributed by atoms with Gasteiger partial charge in [0.15, 0.2) is 0 Å². The average Bonchev–Trinajstić information content (AvgIpc) is 2.77. The first kappa shape index (κ1) is 28.5. The van der Waals surface area contributed by atoms with E-state index in [-0.39, 0.29) is 36.1 Å². The quantitative estimate of drug-likeness (QED) is 0.417. The normalized spacial score (nSPS) is 13.0. The Hall–Kier alpha value is -3.75. The predicted octanol–water partition coefficient (Wildman–Crippen LogP) is 3.65. The van der Waals surface area contributed by atoms with Gasteiger partial charge in [0.1, 0.15) is 29.2 Å². The minimum atomic E-state index is -1.13. The molecule has 2 rings (SSSR count). The molecule has 2 aromatic rings. The molecule has 0 radical (unpaired) electrons. The number of carbonyl (C=O) groups excluding carboxylic acids is 3. The van der Waals surface area contributed by atoms with Crippen LogP contribution in [0.1, 0.15) is 58.7 Å². The van der Waals surface area contributed by atoms with Gasteiger partial charge in [-0.2, -0.15) is 0 Å². The Morgan fingerprint density at radius 3 is 2.11 bits per heavy atom. The van der Waals surface area contributed by atoms with E-state index < -0.39 is 35.6 Å². The maximum atomic E-state index is 13.9. The minimum absolute atomic E-state index is 0.0712. The third-order valence-electron chi connectivity index (χ3n) is 5.21. The van der Waals surface area contributed by atoms with Gasteiger partial charge in [-0.3, -0.25) is 9.59 Å². The van der Waals surface area contributed by atoms with Crippen molar-refractivity contribution in [3.8, 4) is 11.5 Å². The molecule has 0 aliphatic rings. The number of hydrogen-bond acceptors (Lipinski definition) is 6. The average molecular weight is 500 g/mol. The Balaban J connectivity index is 2.48. The summed E-state index contributed by atoms with van der Waals surface area (Å²) in [6.45, 7) is 10.6. The van der Waals surface area contributed by atoms with E-state index in [1.165, 1.54) is 23.1 Å². The zero-order valence-electron chi connectivity index (χ0n) is 21.7.